The molecule has 2 aliphatic heterocycles. The highest BCUT2D eigenvalue weighted by atomic mass is 16.5. The molecule has 50 heavy (non-hydrogen) atoms. The van der Waals surface area contributed by atoms with Crippen molar-refractivity contribution in [3.05, 3.63) is 120 Å². The van der Waals surface area contributed by atoms with Crippen molar-refractivity contribution < 1.29 is 28.7 Å². The first-order valence-corrected chi connectivity index (χ1v) is 16.9. The van der Waals surface area contributed by atoms with Crippen LogP contribution in [0.2, 0.25) is 0 Å². The molecule has 4 aromatic rings. The zero-order chi connectivity index (χ0) is 35.0. The van der Waals surface area contributed by atoms with Gasteiger partial charge in [-0.2, -0.15) is 0 Å². The van der Waals surface area contributed by atoms with Gasteiger partial charge >= 0.3 is 0 Å². The molecule has 2 heterocycles. The fourth-order valence-electron chi connectivity index (χ4n) is 6.68. The minimum absolute atomic E-state index is 0.119. The van der Waals surface area contributed by atoms with Gasteiger partial charge in [-0.15, -0.1) is 0 Å². The van der Waals surface area contributed by atoms with E-state index in [1.165, 1.54) is 14.2 Å². The third kappa shape index (κ3) is 7.93. The lowest BCUT2D eigenvalue weighted by Gasteiger charge is -2.23. The van der Waals surface area contributed by atoms with Gasteiger partial charge in [0.2, 0.25) is 11.8 Å². The number of carbonyl (C=O) groups is 4. The first kappa shape index (κ1) is 34.5. The van der Waals surface area contributed by atoms with Crippen molar-refractivity contribution in [2.75, 3.05) is 51.0 Å². The van der Waals surface area contributed by atoms with Gasteiger partial charge in [-0.3, -0.25) is 19.2 Å². The molecule has 2 saturated heterocycles. The average molecular weight is 675 g/mol. The van der Waals surface area contributed by atoms with Crippen molar-refractivity contribution in [3.8, 4) is 11.1 Å². The van der Waals surface area contributed by atoms with Crippen LogP contribution in [0.15, 0.2) is 109 Å². The second-order valence-electron chi connectivity index (χ2n) is 12.7. The highest BCUT2D eigenvalue weighted by Crippen LogP contribution is 2.28. The summed E-state index contributed by atoms with van der Waals surface area (Å²) in [6, 6.07) is 33.9. The summed E-state index contributed by atoms with van der Waals surface area (Å²) >= 11 is 0. The van der Waals surface area contributed by atoms with Crippen molar-refractivity contribution in [1.29, 1.82) is 0 Å². The monoisotopic (exact) mass is 674 g/mol. The van der Waals surface area contributed by atoms with Crippen molar-refractivity contribution in [2.24, 2.45) is 11.8 Å². The molecule has 2 aliphatic rings. The van der Waals surface area contributed by atoms with E-state index in [0.29, 0.717) is 50.4 Å². The SMILES string of the molecule is CO[C@H](C(=O)N1CC[C@H](C(=O)Nc2ccc(-c3ccc(NC(=O)[C@@H]4CCN(C(=O)[C@H](OC)c5ccccc5)C4)cc3)cc2)C1)c1ccccc1. The Morgan fingerprint density at radius 3 is 1.26 bits per heavy atom. The summed E-state index contributed by atoms with van der Waals surface area (Å²) in [5, 5.41) is 5.99. The van der Waals surface area contributed by atoms with E-state index in [0.717, 1.165) is 22.3 Å². The van der Waals surface area contributed by atoms with Crippen molar-refractivity contribution in [3.63, 3.8) is 0 Å². The number of hydrogen-bond acceptors (Lipinski definition) is 6. The van der Waals surface area contributed by atoms with E-state index in [1.54, 1.807) is 9.80 Å². The molecule has 0 aromatic heterocycles. The topological polar surface area (TPSA) is 117 Å². The molecule has 4 atom stereocenters. The lowest BCUT2D eigenvalue weighted by Crippen LogP contribution is -2.35. The van der Waals surface area contributed by atoms with Gasteiger partial charge in [-0.1, -0.05) is 84.9 Å². The average Bonchev–Trinajstić information content (AvgIpc) is 3.86. The lowest BCUT2D eigenvalue weighted by molar-refractivity contribution is -0.142. The maximum atomic E-state index is 13.1. The second kappa shape index (κ2) is 15.9. The maximum absolute atomic E-state index is 13.1. The predicted molar refractivity (Wildman–Crippen MR) is 191 cm³/mol. The Kier molecular flexibility index (Phi) is 11.0. The number of nitrogens with zero attached hydrogens (tertiary/aromatic N) is 2. The first-order valence-electron chi connectivity index (χ1n) is 16.9. The number of benzene rings is 4. The largest absolute Gasteiger partial charge is 0.367 e. The standard InChI is InChI=1S/C40H42N4O6/c1-49-35(29-9-5-3-6-10-29)39(47)43-23-21-31(25-43)37(45)41-33-17-13-27(14-18-33)28-15-19-34(20-16-28)42-38(46)32-22-24-44(26-32)40(48)36(50-2)30-11-7-4-8-12-30/h3-20,31-32,35-36H,21-26H2,1-2H3,(H,41,45)(H,42,46)/t31-,32+,35-,36+. The summed E-state index contributed by atoms with van der Waals surface area (Å²) in [5.74, 6) is -1.13. The molecule has 0 spiro atoms. The van der Waals surface area contributed by atoms with Crippen LogP contribution in [0.5, 0.6) is 0 Å². The van der Waals surface area contributed by atoms with Crippen LogP contribution in [-0.4, -0.2) is 73.8 Å². The van der Waals surface area contributed by atoms with Crippen molar-refractivity contribution >= 4 is 35.0 Å². The number of amides is 4. The summed E-state index contributed by atoms with van der Waals surface area (Å²) in [6.07, 6.45) is -0.213. The second-order valence-corrected chi connectivity index (χ2v) is 12.7. The van der Waals surface area contributed by atoms with Gasteiger partial charge in [0.25, 0.3) is 11.8 Å². The minimum atomic E-state index is -0.693. The van der Waals surface area contributed by atoms with E-state index in [-0.39, 0.29) is 35.5 Å². The number of ether oxygens (including phenoxy) is 2. The Morgan fingerprint density at radius 2 is 0.920 bits per heavy atom. The highest BCUT2D eigenvalue weighted by Gasteiger charge is 2.36. The fraction of sp³-hybridized carbons (Fsp3) is 0.300. The maximum Gasteiger partial charge on any atom is 0.256 e. The normalized spacial score (nSPS) is 18.4. The first-order chi connectivity index (χ1) is 24.3. The molecule has 2 fully saturated rings. The number of rotatable bonds is 11. The Labute approximate surface area is 292 Å². The number of likely N-dealkylation sites (tertiary alicyclic amines) is 2. The molecule has 0 saturated carbocycles. The Balaban J connectivity index is 0.979. The van der Waals surface area contributed by atoms with Crippen LogP contribution < -0.4 is 10.6 Å². The summed E-state index contributed by atoms with van der Waals surface area (Å²) in [4.78, 5) is 55.9. The van der Waals surface area contributed by atoms with E-state index >= 15 is 0 Å². The highest BCUT2D eigenvalue weighted by molar-refractivity contribution is 5.95. The molecule has 10 heteroatoms. The molecule has 6 rings (SSSR count). The van der Waals surface area contributed by atoms with E-state index in [4.69, 9.17) is 9.47 Å². The van der Waals surface area contributed by atoms with Gasteiger partial charge in [0.1, 0.15) is 0 Å². The molecule has 4 aromatic carbocycles. The molecule has 0 aliphatic carbocycles. The molecular weight excluding hydrogens is 632 g/mol. The molecule has 0 unspecified atom stereocenters. The van der Waals surface area contributed by atoms with E-state index in [1.807, 2.05) is 109 Å². The van der Waals surface area contributed by atoms with Gasteiger partial charge in [0, 0.05) is 51.8 Å². The van der Waals surface area contributed by atoms with Crippen LogP contribution in [0.3, 0.4) is 0 Å². The minimum Gasteiger partial charge on any atom is -0.367 e. The predicted octanol–water partition coefficient (Wildman–Crippen LogP) is 5.70. The third-order valence-corrected chi connectivity index (χ3v) is 9.50. The van der Waals surface area contributed by atoms with Crippen LogP contribution in [0.25, 0.3) is 11.1 Å². The van der Waals surface area contributed by atoms with E-state index < -0.39 is 12.2 Å². The smallest absolute Gasteiger partial charge is 0.256 e. The molecule has 0 radical (unpaired) electrons. The number of hydrogen-bond donors (Lipinski definition) is 2. The van der Waals surface area contributed by atoms with E-state index in [2.05, 4.69) is 10.6 Å². The number of anilines is 2. The summed E-state index contributed by atoms with van der Waals surface area (Å²) < 4.78 is 11.0. The third-order valence-electron chi connectivity index (χ3n) is 9.50. The molecule has 10 nitrogen and oxygen atoms in total. The number of methoxy groups -OCH3 is 2. The zero-order valence-corrected chi connectivity index (χ0v) is 28.3. The summed E-state index contributed by atoms with van der Waals surface area (Å²) in [7, 11) is 3.04. The van der Waals surface area contributed by atoms with Crippen LogP contribution in [-0.2, 0) is 28.7 Å². The molecule has 4 amide bonds. The fourth-order valence-corrected chi connectivity index (χ4v) is 6.68. The van der Waals surface area contributed by atoms with Crippen LogP contribution in [0, 0.1) is 11.8 Å². The summed E-state index contributed by atoms with van der Waals surface area (Å²) in [5.41, 5.74) is 4.85. The Morgan fingerprint density at radius 1 is 0.560 bits per heavy atom. The van der Waals surface area contributed by atoms with Gasteiger partial charge in [-0.25, -0.2) is 0 Å². The van der Waals surface area contributed by atoms with Gasteiger partial charge in [0.15, 0.2) is 12.2 Å². The number of nitrogens with one attached hydrogen (secondary N) is 2. The molecular formula is C40H42N4O6. The summed E-state index contributed by atoms with van der Waals surface area (Å²) in [6.45, 7) is 1.69. The van der Waals surface area contributed by atoms with Crippen LogP contribution in [0.4, 0.5) is 11.4 Å². The quantitative estimate of drug-likeness (QED) is 0.211. The van der Waals surface area contributed by atoms with Crippen molar-refractivity contribution in [2.45, 2.75) is 25.0 Å². The number of carbonyl (C=O) groups excluding carboxylic acids is 4. The van der Waals surface area contributed by atoms with Crippen molar-refractivity contribution in [1.82, 2.24) is 9.80 Å². The van der Waals surface area contributed by atoms with Gasteiger partial charge < -0.3 is 29.9 Å². The molecule has 2 N–H and O–H groups in total. The van der Waals surface area contributed by atoms with Gasteiger partial charge in [0.05, 0.1) is 11.8 Å². The van der Waals surface area contributed by atoms with Gasteiger partial charge in [-0.05, 0) is 59.4 Å². The lowest BCUT2D eigenvalue weighted by atomic mass is 10.0. The van der Waals surface area contributed by atoms with Crippen LogP contribution in [0.1, 0.15) is 36.2 Å². The Hall–Kier alpha value is -5.32. The zero-order valence-electron chi connectivity index (χ0n) is 28.3. The van der Waals surface area contributed by atoms with E-state index in [9.17, 15) is 19.2 Å². The molecule has 258 valence electrons. The molecule has 0 bridgehead atoms. The Bertz CT molecular complexity index is 1650. The van der Waals surface area contributed by atoms with Crippen LogP contribution >= 0.6 is 0 Å².